The molecule has 1 aliphatic rings. The van der Waals surface area contributed by atoms with E-state index in [4.69, 9.17) is 14.6 Å². The second-order valence-corrected chi connectivity index (χ2v) is 7.87. The number of nitrogens with zero attached hydrogens (tertiary/aromatic N) is 2. The van der Waals surface area contributed by atoms with Crippen LogP contribution >= 0.6 is 0 Å². The van der Waals surface area contributed by atoms with Crippen molar-refractivity contribution in [1.82, 2.24) is 4.98 Å². The second-order valence-electron chi connectivity index (χ2n) is 7.87. The molecule has 8 nitrogen and oxygen atoms in total. The lowest BCUT2D eigenvalue weighted by Crippen LogP contribution is -2.07. The third kappa shape index (κ3) is 4.39. The van der Waals surface area contributed by atoms with Gasteiger partial charge in [0.1, 0.15) is 12.4 Å². The van der Waals surface area contributed by atoms with Crippen LogP contribution in [-0.2, 0) is 11.4 Å². The Labute approximate surface area is 184 Å². The monoisotopic (exact) mass is 434 g/mol. The van der Waals surface area contributed by atoms with Crippen molar-refractivity contribution in [3.8, 4) is 22.8 Å². The average molecular weight is 434 g/mol. The lowest BCUT2D eigenvalue weighted by molar-refractivity contribution is -0.384. The molecule has 4 rings (SSSR count). The summed E-state index contributed by atoms with van der Waals surface area (Å²) in [5, 5.41) is 20.1. The highest BCUT2D eigenvalue weighted by Crippen LogP contribution is 2.37. The van der Waals surface area contributed by atoms with Crippen LogP contribution in [-0.4, -0.2) is 27.6 Å². The third-order valence-corrected chi connectivity index (χ3v) is 5.50. The fourth-order valence-corrected chi connectivity index (χ4v) is 4.08. The molecular weight excluding hydrogens is 412 g/mol. The molecule has 1 aromatic heterocycles. The molecular formula is C24H22N2O6. The number of carboxylic acids is 1. The minimum atomic E-state index is -0.870. The molecule has 164 valence electrons. The number of fused-ring (bicyclic) bond motifs is 1. The highest BCUT2D eigenvalue weighted by atomic mass is 16.6. The van der Waals surface area contributed by atoms with Crippen molar-refractivity contribution in [1.29, 1.82) is 0 Å². The lowest BCUT2D eigenvalue weighted by Gasteiger charge is -2.12. The number of nitro benzene ring substituents is 1. The third-order valence-electron chi connectivity index (χ3n) is 5.50. The van der Waals surface area contributed by atoms with E-state index in [0.29, 0.717) is 18.2 Å². The van der Waals surface area contributed by atoms with E-state index in [9.17, 15) is 14.9 Å². The Morgan fingerprint density at radius 2 is 2.00 bits per heavy atom. The van der Waals surface area contributed by atoms with Crippen LogP contribution in [0, 0.1) is 24.0 Å². The predicted molar refractivity (Wildman–Crippen MR) is 117 cm³/mol. The van der Waals surface area contributed by atoms with Crippen LogP contribution < -0.4 is 9.47 Å². The number of pyridine rings is 1. The maximum Gasteiger partial charge on any atom is 0.304 e. The minimum Gasteiger partial charge on any atom is -0.492 e. The number of ether oxygens (including phenoxy) is 2. The molecule has 0 saturated carbocycles. The highest BCUT2D eigenvalue weighted by molar-refractivity contribution is 5.73. The van der Waals surface area contributed by atoms with Crippen LogP contribution in [0.1, 0.15) is 34.6 Å². The Morgan fingerprint density at radius 1 is 1.25 bits per heavy atom. The van der Waals surface area contributed by atoms with E-state index in [1.807, 2.05) is 38.1 Å². The molecule has 1 atom stereocenters. The van der Waals surface area contributed by atoms with E-state index in [0.717, 1.165) is 33.4 Å². The molecule has 0 spiro atoms. The number of rotatable bonds is 7. The number of hydrogen-bond donors (Lipinski definition) is 1. The predicted octanol–water partition coefficient (Wildman–Crippen LogP) is 4.80. The number of aromatic nitrogens is 1. The zero-order valence-electron chi connectivity index (χ0n) is 17.7. The summed E-state index contributed by atoms with van der Waals surface area (Å²) in [7, 11) is 0. The topological polar surface area (TPSA) is 112 Å². The number of aryl methyl sites for hydroxylation is 2. The van der Waals surface area contributed by atoms with Gasteiger partial charge in [0.05, 0.1) is 18.0 Å². The number of aliphatic carboxylic acids is 1. The number of hydrogen-bond acceptors (Lipinski definition) is 6. The summed E-state index contributed by atoms with van der Waals surface area (Å²) < 4.78 is 11.4. The largest absolute Gasteiger partial charge is 0.492 e. The smallest absolute Gasteiger partial charge is 0.304 e. The normalized spacial score (nSPS) is 14.5. The Bertz CT molecular complexity index is 1180. The van der Waals surface area contributed by atoms with Crippen molar-refractivity contribution in [3.63, 3.8) is 0 Å². The second kappa shape index (κ2) is 8.66. The first-order valence-corrected chi connectivity index (χ1v) is 10.1. The van der Waals surface area contributed by atoms with Gasteiger partial charge < -0.3 is 14.6 Å². The molecule has 0 fully saturated rings. The number of carbonyl (C=O) groups is 1. The Kier molecular flexibility index (Phi) is 5.77. The fourth-order valence-electron chi connectivity index (χ4n) is 4.08. The van der Waals surface area contributed by atoms with E-state index >= 15 is 0 Å². The van der Waals surface area contributed by atoms with Crippen LogP contribution in [0.4, 0.5) is 5.69 Å². The molecule has 0 aliphatic carbocycles. The first-order valence-electron chi connectivity index (χ1n) is 10.1. The van der Waals surface area contributed by atoms with Gasteiger partial charge in [-0.15, -0.1) is 0 Å². The number of non-ortho nitro benzene ring substituents is 1. The van der Waals surface area contributed by atoms with E-state index in [1.54, 1.807) is 24.4 Å². The van der Waals surface area contributed by atoms with Gasteiger partial charge in [0.2, 0.25) is 5.88 Å². The van der Waals surface area contributed by atoms with Crippen molar-refractivity contribution in [3.05, 3.63) is 81.0 Å². The lowest BCUT2D eigenvalue weighted by atomic mass is 9.94. The van der Waals surface area contributed by atoms with Gasteiger partial charge in [0.25, 0.3) is 5.69 Å². The fraction of sp³-hybridized carbons (Fsp3) is 0.250. The molecule has 1 aliphatic heterocycles. The van der Waals surface area contributed by atoms with Gasteiger partial charge in [0, 0.05) is 35.9 Å². The van der Waals surface area contributed by atoms with Crippen LogP contribution in [0.5, 0.6) is 11.6 Å². The van der Waals surface area contributed by atoms with E-state index in [2.05, 4.69) is 4.98 Å². The van der Waals surface area contributed by atoms with E-state index in [1.165, 1.54) is 0 Å². The summed E-state index contributed by atoms with van der Waals surface area (Å²) in [5.74, 6) is -0.0704. The molecule has 0 saturated heterocycles. The maximum atomic E-state index is 11.1. The maximum absolute atomic E-state index is 11.1. The summed E-state index contributed by atoms with van der Waals surface area (Å²) >= 11 is 0. The number of benzene rings is 2. The zero-order chi connectivity index (χ0) is 22.8. The quantitative estimate of drug-likeness (QED) is 0.420. The first kappa shape index (κ1) is 21.3. The SMILES string of the molecule is Cc1cc([N+](=O)[O-])cc(C)c1-c1cccc(COc2cc3c(cn2)C(CC(=O)O)CO3)c1. The van der Waals surface area contributed by atoms with Gasteiger partial charge >= 0.3 is 5.97 Å². The van der Waals surface area contributed by atoms with Gasteiger partial charge in [-0.1, -0.05) is 18.2 Å². The Morgan fingerprint density at radius 3 is 2.69 bits per heavy atom. The zero-order valence-corrected chi connectivity index (χ0v) is 17.7. The van der Waals surface area contributed by atoms with Gasteiger partial charge in [-0.2, -0.15) is 0 Å². The van der Waals surface area contributed by atoms with Crippen molar-refractivity contribution in [2.75, 3.05) is 6.61 Å². The molecule has 2 heterocycles. The summed E-state index contributed by atoms with van der Waals surface area (Å²) in [5.41, 5.74) is 5.38. The standard InChI is InChI=1S/C24H22N2O6/c1-14-6-19(26(29)30)7-15(2)24(14)17-5-3-4-16(8-17)12-32-22-10-21-20(11-25-22)18(13-31-21)9-23(27)28/h3-8,10-11,18H,9,12-13H2,1-2H3,(H,27,28). The van der Waals surface area contributed by atoms with Crippen LogP contribution in [0.15, 0.2) is 48.7 Å². The van der Waals surface area contributed by atoms with Gasteiger partial charge in [-0.05, 0) is 47.7 Å². The number of nitro groups is 1. The average Bonchev–Trinajstić information content (AvgIpc) is 3.13. The van der Waals surface area contributed by atoms with Gasteiger partial charge in [-0.25, -0.2) is 4.98 Å². The molecule has 1 N–H and O–H groups in total. The Hall–Kier alpha value is -3.94. The first-order chi connectivity index (χ1) is 15.3. The van der Waals surface area contributed by atoms with Crippen molar-refractivity contribution in [2.45, 2.75) is 32.8 Å². The molecule has 8 heteroatoms. The van der Waals surface area contributed by atoms with Crippen LogP contribution in [0.2, 0.25) is 0 Å². The minimum absolute atomic E-state index is 0.00313. The van der Waals surface area contributed by atoms with Crippen molar-refractivity contribution < 1.29 is 24.3 Å². The van der Waals surface area contributed by atoms with Crippen LogP contribution in [0.25, 0.3) is 11.1 Å². The molecule has 32 heavy (non-hydrogen) atoms. The van der Waals surface area contributed by atoms with E-state index < -0.39 is 5.97 Å². The molecule has 2 aromatic carbocycles. The summed E-state index contributed by atoms with van der Waals surface area (Å²) in [4.78, 5) is 26.0. The van der Waals surface area contributed by atoms with Crippen molar-refractivity contribution in [2.24, 2.45) is 0 Å². The molecule has 1 unspecified atom stereocenters. The number of carboxylic acid groups (broad SMARTS) is 1. The van der Waals surface area contributed by atoms with E-state index in [-0.39, 0.29) is 29.6 Å². The molecule has 0 bridgehead atoms. The summed E-state index contributed by atoms with van der Waals surface area (Å²) in [6.45, 7) is 4.33. The molecule has 0 radical (unpaired) electrons. The van der Waals surface area contributed by atoms with Crippen LogP contribution in [0.3, 0.4) is 0 Å². The van der Waals surface area contributed by atoms with Gasteiger partial charge in [0.15, 0.2) is 0 Å². The molecule has 3 aromatic rings. The summed E-state index contributed by atoms with van der Waals surface area (Å²) in [6.07, 6.45) is 1.62. The van der Waals surface area contributed by atoms with Gasteiger partial charge in [-0.3, -0.25) is 14.9 Å². The highest BCUT2D eigenvalue weighted by Gasteiger charge is 2.27. The Balaban J connectivity index is 1.50. The van der Waals surface area contributed by atoms with Crippen molar-refractivity contribution >= 4 is 11.7 Å². The summed E-state index contributed by atoms with van der Waals surface area (Å²) in [6, 6.07) is 12.7. The molecule has 0 amide bonds.